The molecular formula is C19H25NO. The Labute approximate surface area is 128 Å². The maximum Gasteiger partial charge on any atom is 0.0620 e. The standard InChI is InChI=1S/C19H25NO/c1-3-5-7-10-16-11-8-14-19(20-16)15-9-13-18(21)17(19)12-6-4-2/h1-2,5-7,12,16-18,20-21H,8-11,13-15H2/b7-5-,12-6-/t16-,17-,18+,19?/m0/s1. The van der Waals surface area contributed by atoms with Gasteiger partial charge in [-0.2, -0.15) is 0 Å². The summed E-state index contributed by atoms with van der Waals surface area (Å²) < 4.78 is 0. The molecule has 0 amide bonds. The molecule has 0 aromatic heterocycles. The van der Waals surface area contributed by atoms with Crippen molar-refractivity contribution in [2.45, 2.75) is 62.6 Å². The highest BCUT2D eigenvalue weighted by atomic mass is 16.3. The van der Waals surface area contributed by atoms with E-state index in [0.29, 0.717) is 6.04 Å². The molecule has 1 aliphatic heterocycles. The molecule has 1 saturated heterocycles. The second-order valence-corrected chi connectivity index (χ2v) is 6.21. The second kappa shape index (κ2) is 7.51. The van der Waals surface area contributed by atoms with Crippen LogP contribution in [0.5, 0.6) is 0 Å². The van der Waals surface area contributed by atoms with Gasteiger partial charge in [-0.25, -0.2) is 0 Å². The SMILES string of the molecule is C#C/C=C\C[C@H]1CCCC2(CCC[C@@H](O)[C@@H]2/C=C\C#C)N1. The highest BCUT2D eigenvalue weighted by Gasteiger charge is 2.45. The molecule has 0 bridgehead atoms. The number of aliphatic hydroxyl groups excluding tert-OH is 1. The monoisotopic (exact) mass is 283 g/mol. The molecule has 2 N–H and O–H groups in total. The summed E-state index contributed by atoms with van der Waals surface area (Å²) >= 11 is 0. The smallest absolute Gasteiger partial charge is 0.0620 e. The van der Waals surface area contributed by atoms with E-state index in [4.69, 9.17) is 12.8 Å². The fourth-order valence-corrected chi connectivity index (χ4v) is 3.96. The lowest BCUT2D eigenvalue weighted by Gasteiger charge is -2.51. The number of piperidine rings is 1. The third-order valence-electron chi connectivity index (χ3n) is 4.88. The molecule has 2 nitrogen and oxygen atoms in total. The van der Waals surface area contributed by atoms with Gasteiger partial charge in [-0.1, -0.05) is 30.4 Å². The third-order valence-corrected chi connectivity index (χ3v) is 4.88. The molecule has 2 heteroatoms. The molecule has 2 aliphatic rings. The van der Waals surface area contributed by atoms with Gasteiger partial charge < -0.3 is 10.4 Å². The van der Waals surface area contributed by atoms with Crippen LogP contribution in [-0.4, -0.2) is 22.8 Å². The Morgan fingerprint density at radius 1 is 1.14 bits per heavy atom. The number of hydrogen-bond acceptors (Lipinski definition) is 2. The highest BCUT2D eigenvalue weighted by molar-refractivity contribution is 5.18. The largest absolute Gasteiger partial charge is 0.392 e. The van der Waals surface area contributed by atoms with Crippen molar-refractivity contribution in [3.05, 3.63) is 24.3 Å². The second-order valence-electron chi connectivity index (χ2n) is 6.21. The van der Waals surface area contributed by atoms with Gasteiger partial charge in [-0.05, 0) is 50.7 Å². The van der Waals surface area contributed by atoms with Crippen LogP contribution in [0.25, 0.3) is 0 Å². The summed E-state index contributed by atoms with van der Waals surface area (Å²) in [5.74, 6) is 5.21. The summed E-state index contributed by atoms with van der Waals surface area (Å²) in [4.78, 5) is 0. The topological polar surface area (TPSA) is 32.3 Å². The quantitative estimate of drug-likeness (QED) is 0.781. The van der Waals surface area contributed by atoms with E-state index in [9.17, 15) is 5.11 Å². The Bertz CT molecular complexity index is 475. The van der Waals surface area contributed by atoms with Gasteiger partial charge in [0.2, 0.25) is 0 Å². The Morgan fingerprint density at radius 2 is 1.86 bits per heavy atom. The predicted octanol–water partition coefficient (Wildman–Crippen LogP) is 2.80. The van der Waals surface area contributed by atoms with Crippen molar-refractivity contribution in [2.24, 2.45) is 5.92 Å². The van der Waals surface area contributed by atoms with Crippen molar-refractivity contribution in [2.75, 3.05) is 0 Å². The van der Waals surface area contributed by atoms with Crippen LogP contribution in [0.2, 0.25) is 0 Å². The van der Waals surface area contributed by atoms with E-state index in [0.717, 1.165) is 32.1 Å². The Morgan fingerprint density at radius 3 is 2.57 bits per heavy atom. The van der Waals surface area contributed by atoms with Crippen LogP contribution < -0.4 is 5.32 Å². The van der Waals surface area contributed by atoms with Gasteiger partial charge >= 0.3 is 0 Å². The average Bonchev–Trinajstić information content (AvgIpc) is 2.47. The molecule has 1 aliphatic carbocycles. The molecule has 112 valence electrons. The summed E-state index contributed by atoms with van der Waals surface area (Å²) in [5, 5.41) is 14.2. The van der Waals surface area contributed by atoms with Crippen LogP contribution in [0.3, 0.4) is 0 Å². The number of aliphatic hydroxyl groups is 1. The zero-order chi connectivity index (χ0) is 15.1. The first-order valence-electron chi connectivity index (χ1n) is 7.91. The Kier molecular flexibility index (Phi) is 5.68. The molecule has 2 rings (SSSR count). The van der Waals surface area contributed by atoms with Crippen molar-refractivity contribution in [1.82, 2.24) is 5.32 Å². The third kappa shape index (κ3) is 3.79. The first-order chi connectivity index (χ1) is 10.2. The van der Waals surface area contributed by atoms with Crippen molar-refractivity contribution >= 4 is 0 Å². The predicted molar refractivity (Wildman–Crippen MR) is 87.4 cm³/mol. The summed E-state index contributed by atoms with van der Waals surface area (Å²) in [6.45, 7) is 0. The van der Waals surface area contributed by atoms with Crippen molar-refractivity contribution in [1.29, 1.82) is 0 Å². The number of nitrogens with one attached hydrogen (secondary N) is 1. The highest BCUT2D eigenvalue weighted by Crippen LogP contribution is 2.41. The molecule has 1 spiro atoms. The zero-order valence-electron chi connectivity index (χ0n) is 12.6. The Hall–Kier alpha value is -1.48. The van der Waals surface area contributed by atoms with Crippen LogP contribution in [0, 0.1) is 30.6 Å². The van der Waals surface area contributed by atoms with E-state index in [1.165, 1.54) is 12.8 Å². The summed E-state index contributed by atoms with van der Waals surface area (Å²) in [6, 6.07) is 0.440. The molecule has 0 aromatic rings. The molecule has 2 fully saturated rings. The van der Waals surface area contributed by atoms with E-state index in [2.05, 4.69) is 23.2 Å². The van der Waals surface area contributed by atoms with Gasteiger partial charge in [0, 0.05) is 17.5 Å². The van der Waals surface area contributed by atoms with Crippen molar-refractivity contribution in [3.8, 4) is 24.7 Å². The normalized spacial score (nSPS) is 36.8. The number of rotatable bonds is 3. The molecule has 1 heterocycles. The summed E-state index contributed by atoms with van der Waals surface area (Å²) in [5.41, 5.74) is -0.00207. The molecular weight excluding hydrogens is 258 g/mol. The molecule has 1 saturated carbocycles. The van der Waals surface area contributed by atoms with E-state index >= 15 is 0 Å². The lowest BCUT2D eigenvalue weighted by Crippen LogP contribution is -2.61. The first kappa shape index (κ1) is 15.9. The molecule has 21 heavy (non-hydrogen) atoms. The average molecular weight is 283 g/mol. The van der Waals surface area contributed by atoms with Crippen LogP contribution in [0.4, 0.5) is 0 Å². The molecule has 0 radical (unpaired) electrons. The minimum absolute atomic E-state index is 0.00207. The van der Waals surface area contributed by atoms with Gasteiger partial charge in [0.05, 0.1) is 6.10 Å². The minimum Gasteiger partial charge on any atom is -0.392 e. The van der Waals surface area contributed by atoms with Gasteiger partial charge in [0.25, 0.3) is 0 Å². The fourth-order valence-electron chi connectivity index (χ4n) is 3.96. The van der Waals surface area contributed by atoms with Crippen molar-refractivity contribution < 1.29 is 5.11 Å². The van der Waals surface area contributed by atoms with E-state index < -0.39 is 0 Å². The summed E-state index contributed by atoms with van der Waals surface area (Å²) in [6.07, 6.45) is 25.4. The Balaban J connectivity index is 2.13. The lowest BCUT2D eigenvalue weighted by atomic mass is 9.66. The van der Waals surface area contributed by atoms with Gasteiger partial charge in [-0.15, -0.1) is 12.8 Å². The first-order valence-corrected chi connectivity index (χ1v) is 7.91. The van der Waals surface area contributed by atoms with E-state index in [1.54, 1.807) is 12.2 Å². The van der Waals surface area contributed by atoms with Crippen LogP contribution in [-0.2, 0) is 0 Å². The minimum atomic E-state index is -0.296. The van der Waals surface area contributed by atoms with Gasteiger partial charge in [-0.3, -0.25) is 0 Å². The van der Waals surface area contributed by atoms with Crippen LogP contribution >= 0.6 is 0 Å². The van der Waals surface area contributed by atoms with Gasteiger partial charge in [0.1, 0.15) is 0 Å². The number of hydrogen-bond donors (Lipinski definition) is 2. The van der Waals surface area contributed by atoms with E-state index in [1.807, 2.05) is 6.08 Å². The van der Waals surface area contributed by atoms with Crippen molar-refractivity contribution in [3.63, 3.8) is 0 Å². The number of allylic oxidation sites excluding steroid dienone is 2. The van der Waals surface area contributed by atoms with E-state index in [-0.39, 0.29) is 17.6 Å². The zero-order valence-corrected chi connectivity index (χ0v) is 12.6. The van der Waals surface area contributed by atoms with Gasteiger partial charge in [0.15, 0.2) is 0 Å². The molecule has 1 unspecified atom stereocenters. The fraction of sp³-hybridized carbons (Fsp3) is 0.579. The summed E-state index contributed by atoms with van der Waals surface area (Å²) in [7, 11) is 0. The number of terminal acetylenes is 2. The maximum atomic E-state index is 10.4. The van der Waals surface area contributed by atoms with Crippen LogP contribution in [0.15, 0.2) is 24.3 Å². The lowest BCUT2D eigenvalue weighted by molar-refractivity contribution is 0.00394. The van der Waals surface area contributed by atoms with Crippen LogP contribution in [0.1, 0.15) is 44.9 Å². The molecule has 4 atom stereocenters. The maximum absolute atomic E-state index is 10.4. The molecule has 0 aromatic carbocycles.